The second kappa shape index (κ2) is 5.76. The minimum absolute atomic E-state index is 0.602. The summed E-state index contributed by atoms with van der Waals surface area (Å²) in [5.41, 5.74) is 7.88. The van der Waals surface area contributed by atoms with Crippen LogP contribution >= 0.6 is 0 Å². The number of pyridine rings is 1. The molecule has 4 aromatic heterocycles. The van der Waals surface area contributed by atoms with E-state index in [4.69, 9.17) is 9.40 Å². The molecule has 2 atom stereocenters. The summed E-state index contributed by atoms with van der Waals surface area (Å²) >= 11 is 0. The van der Waals surface area contributed by atoms with Crippen LogP contribution in [0.1, 0.15) is 12.0 Å². The quantitative estimate of drug-likeness (QED) is 0.460. The molecule has 5 aromatic rings. The van der Waals surface area contributed by atoms with Gasteiger partial charge in [0.1, 0.15) is 11.2 Å². The highest BCUT2D eigenvalue weighted by atomic mass is 16.3. The smallest absolute Gasteiger partial charge is 0.159 e. The number of nitrogens with zero attached hydrogens (tertiary/aromatic N) is 4. The minimum atomic E-state index is 0.602. The van der Waals surface area contributed by atoms with Gasteiger partial charge < -0.3 is 9.40 Å². The molecular formula is C23H16N6O. The van der Waals surface area contributed by atoms with Gasteiger partial charge in [-0.25, -0.2) is 4.98 Å². The maximum absolute atomic E-state index is 5.24. The maximum Gasteiger partial charge on any atom is 0.159 e. The highest BCUT2D eigenvalue weighted by molar-refractivity contribution is 5.98. The fraction of sp³-hybridized carbons (Fsp3) is 0.130. The van der Waals surface area contributed by atoms with Crippen LogP contribution in [0.25, 0.3) is 50.2 Å². The zero-order valence-electron chi connectivity index (χ0n) is 15.8. The first kappa shape index (κ1) is 15.9. The monoisotopic (exact) mass is 392 g/mol. The van der Waals surface area contributed by atoms with Crippen molar-refractivity contribution in [3.63, 3.8) is 0 Å². The van der Waals surface area contributed by atoms with Crippen molar-refractivity contribution < 1.29 is 4.42 Å². The highest BCUT2D eigenvalue weighted by Crippen LogP contribution is 2.49. The molecule has 0 spiro atoms. The predicted octanol–water partition coefficient (Wildman–Crippen LogP) is 4.82. The van der Waals surface area contributed by atoms with Gasteiger partial charge in [-0.1, -0.05) is 6.07 Å². The van der Waals surface area contributed by atoms with Crippen molar-refractivity contribution in [3.05, 3.63) is 60.9 Å². The summed E-state index contributed by atoms with van der Waals surface area (Å²) in [5.74, 6) is 1.92. The number of rotatable bonds is 3. The van der Waals surface area contributed by atoms with Gasteiger partial charge in [-0.05, 0) is 41.7 Å². The molecule has 7 rings (SSSR count). The fourth-order valence-electron chi connectivity index (χ4n) is 4.40. The van der Waals surface area contributed by atoms with Crippen molar-refractivity contribution in [1.29, 1.82) is 0 Å². The van der Waals surface area contributed by atoms with Crippen molar-refractivity contribution in [2.45, 2.75) is 6.42 Å². The number of H-pyrrole nitrogens is 2. The topological polar surface area (TPSA) is 95.8 Å². The second-order valence-corrected chi connectivity index (χ2v) is 7.90. The zero-order chi connectivity index (χ0) is 19.7. The summed E-state index contributed by atoms with van der Waals surface area (Å²) in [4.78, 5) is 17.0. The summed E-state index contributed by atoms with van der Waals surface area (Å²) in [6.45, 7) is 0. The Balaban J connectivity index is 1.38. The summed E-state index contributed by atoms with van der Waals surface area (Å²) in [5, 5.41) is 8.74. The first-order chi connectivity index (χ1) is 14.8. The lowest BCUT2D eigenvalue weighted by atomic mass is 9.98. The Morgan fingerprint density at radius 2 is 2.07 bits per heavy atom. The average molecular weight is 392 g/mol. The third kappa shape index (κ3) is 2.26. The van der Waals surface area contributed by atoms with Crippen molar-refractivity contribution in [3.8, 4) is 22.6 Å². The number of hydrogen-bond acceptors (Lipinski definition) is 5. The molecule has 1 aromatic carbocycles. The number of allylic oxidation sites excluding steroid dienone is 1. The van der Waals surface area contributed by atoms with E-state index in [0.717, 1.165) is 38.8 Å². The van der Waals surface area contributed by atoms with Crippen LogP contribution in [0.15, 0.2) is 64.8 Å². The van der Waals surface area contributed by atoms with Gasteiger partial charge >= 0.3 is 0 Å². The number of aromatic nitrogens is 5. The first-order valence-electron chi connectivity index (χ1n) is 9.94. The Kier molecular flexibility index (Phi) is 3.05. The normalized spacial score (nSPS) is 19.9. The number of furan rings is 1. The summed E-state index contributed by atoms with van der Waals surface area (Å²) in [7, 11) is 0. The Morgan fingerprint density at radius 1 is 1.07 bits per heavy atom. The van der Waals surface area contributed by atoms with Gasteiger partial charge in [-0.3, -0.25) is 15.1 Å². The SMILES string of the molecule is C1=NC=C(c2ccc3[nH]nc(-c4nc5c(-c6ccoc6)cncc5[nH]4)c3c2)C2CC12. The van der Waals surface area contributed by atoms with Crippen LogP contribution in [0.4, 0.5) is 0 Å². The molecule has 1 saturated carbocycles. The number of benzene rings is 1. The lowest BCUT2D eigenvalue weighted by molar-refractivity contribution is 0.568. The lowest BCUT2D eigenvalue weighted by Gasteiger charge is -2.08. The molecule has 2 unspecified atom stereocenters. The standard InChI is InChI=1S/C23H16N6O/c1-2-19-16(5-12(1)17-8-24-7-14-6-15(14)17)22(29-28-19)23-26-20-10-25-9-18(21(20)27-23)13-3-4-30-11-13/h1-5,7-11,14-15H,6H2,(H,26,27)(H,28,29). The third-order valence-electron chi connectivity index (χ3n) is 6.08. The molecule has 30 heavy (non-hydrogen) atoms. The second-order valence-electron chi connectivity index (χ2n) is 7.90. The van der Waals surface area contributed by atoms with Gasteiger partial charge in [0.2, 0.25) is 0 Å². The van der Waals surface area contributed by atoms with Gasteiger partial charge in [0.15, 0.2) is 5.82 Å². The minimum Gasteiger partial charge on any atom is -0.472 e. The molecule has 1 fully saturated rings. The molecule has 7 heteroatoms. The summed E-state index contributed by atoms with van der Waals surface area (Å²) in [6.07, 6.45) is 12.2. The Hall–Kier alpha value is -4.00. The molecule has 0 saturated heterocycles. The molecule has 1 aliphatic heterocycles. The van der Waals surface area contributed by atoms with E-state index in [9.17, 15) is 0 Å². The molecule has 5 heterocycles. The molecule has 144 valence electrons. The van der Waals surface area contributed by atoms with Crippen molar-refractivity contribution in [1.82, 2.24) is 25.1 Å². The third-order valence-corrected chi connectivity index (χ3v) is 6.08. The molecule has 7 nitrogen and oxygen atoms in total. The van der Waals surface area contributed by atoms with Crippen LogP contribution in [0.5, 0.6) is 0 Å². The molecule has 0 bridgehead atoms. The molecule has 2 aliphatic rings. The summed E-state index contributed by atoms with van der Waals surface area (Å²) < 4.78 is 5.24. The molecule has 0 radical (unpaired) electrons. The molecule has 1 aliphatic carbocycles. The summed E-state index contributed by atoms with van der Waals surface area (Å²) in [6, 6.07) is 8.33. The van der Waals surface area contributed by atoms with E-state index in [-0.39, 0.29) is 0 Å². The number of hydrogen-bond donors (Lipinski definition) is 2. The average Bonchev–Trinajstić information content (AvgIpc) is 3.16. The van der Waals surface area contributed by atoms with Crippen LogP contribution in [0.2, 0.25) is 0 Å². The number of nitrogens with one attached hydrogen (secondary N) is 2. The van der Waals surface area contributed by atoms with Gasteiger partial charge in [0.05, 0.1) is 29.8 Å². The van der Waals surface area contributed by atoms with E-state index < -0.39 is 0 Å². The molecular weight excluding hydrogens is 376 g/mol. The van der Waals surface area contributed by atoms with Crippen molar-refractivity contribution in [2.24, 2.45) is 16.8 Å². The number of aromatic amines is 2. The van der Waals surface area contributed by atoms with Crippen LogP contribution in [-0.4, -0.2) is 31.4 Å². The van der Waals surface area contributed by atoms with E-state index >= 15 is 0 Å². The fourth-order valence-corrected chi connectivity index (χ4v) is 4.40. The van der Waals surface area contributed by atoms with Gasteiger partial charge in [-0.15, -0.1) is 0 Å². The van der Waals surface area contributed by atoms with Crippen LogP contribution in [0, 0.1) is 11.8 Å². The van der Waals surface area contributed by atoms with Gasteiger partial charge in [-0.2, -0.15) is 5.10 Å². The Morgan fingerprint density at radius 3 is 3.00 bits per heavy atom. The highest BCUT2D eigenvalue weighted by Gasteiger charge is 2.40. The Bertz CT molecular complexity index is 1490. The number of aliphatic imine (C=N–C) groups is 1. The number of fused-ring (bicyclic) bond motifs is 3. The van der Waals surface area contributed by atoms with Crippen molar-refractivity contribution in [2.75, 3.05) is 0 Å². The van der Waals surface area contributed by atoms with Crippen molar-refractivity contribution >= 4 is 33.7 Å². The van der Waals surface area contributed by atoms with Crippen LogP contribution in [0.3, 0.4) is 0 Å². The zero-order valence-corrected chi connectivity index (χ0v) is 15.8. The maximum atomic E-state index is 5.24. The molecule has 0 amide bonds. The van der Waals surface area contributed by atoms with Crippen LogP contribution in [-0.2, 0) is 0 Å². The molecule has 2 N–H and O–H groups in total. The largest absolute Gasteiger partial charge is 0.472 e. The van der Waals surface area contributed by atoms with E-state index in [1.165, 1.54) is 17.6 Å². The van der Waals surface area contributed by atoms with E-state index in [0.29, 0.717) is 17.7 Å². The van der Waals surface area contributed by atoms with E-state index in [1.807, 2.05) is 12.3 Å². The Labute approximate surface area is 170 Å². The predicted molar refractivity (Wildman–Crippen MR) is 115 cm³/mol. The lowest BCUT2D eigenvalue weighted by Crippen LogP contribution is -1.95. The van der Waals surface area contributed by atoms with Gasteiger partial charge in [0.25, 0.3) is 0 Å². The van der Waals surface area contributed by atoms with Gasteiger partial charge in [0, 0.05) is 41.0 Å². The first-order valence-corrected chi connectivity index (χ1v) is 9.94. The van der Waals surface area contributed by atoms with E-state index in [2.05, 4.69) is 49.6 Å². The number of imidazole rings is 1. The van der Waals surface area contributed by atoms with Crippen LogP contribution < -0.4 is 0 Å². The van der Waals surface area contributed by atoms with E-state index in [1.54, 1.807) is 24.9 Å².